The van der Waals surface area contributed by atoms with E-state index >= 15 is 0 Å². The molecule has 2 heterocycles. The summed E-state index contributed by atoms with van der Waals surface area (Å²) in [4.78, 5) is 38.4. The number of aliphatic hydroxyl groups is 1. The largest absolute Gasteiger partial charge is 0.466 e. The number of aromatic nitrogens is 1. The molecule has 2 N–H and O–H groups in total. The molecule has 0 spiro atoms. The van der Waals surface area contributed by atoms with E-state index < -0.39 is 41.5 Å². The zero-order valence-corrected chi connectivity index (χ0v) is 19.7. The maximum atomic E-state index is 14.8. The minimum absolute atomic E-state index is 0.00942. The van der Waals surface area contributed by atoms with Crippen LogP contribution in [-0.4, -0.2) is 58.2 Å². The molecule has 10 heteroatoms. The number of amides is 1. The molecule has 184 valence electrons. The van der Waals surface area contributed by atoms with E-state index in [-0.39, 0.29) is 30.9 Å². The Hall–Kier alpha value is -3.40. The second-order valence-electron chi connectivity index (χ2n) is 9.07. The highest BCUT2D eigenvalue weighted by molar-refractivity contribution is 5.76. The molecule has 1 amide bonds. The number of carbonyl (C=O) groups is 2. The fourth-order valence-electron chi connectivity index (χ4n) is 3.80. The van der Waals surface area contributed by atoms with Crippen LogP contribution in [0.1, 0.15) is 27.7 Å². The quantitative estimate of drug-likeness (QED) is 0.488. The maximum absolute atomic E-state index is 14.8. The number of nitrogens with one attached hydrogen (secondary N) is 1. The Bertz CT molecular complexity index is 1100. The minimum Gasteiger partial charge on any atom is -0.466 e. The molecule has 1 aromatic heterocycles. The molecule has 1 aromatic carbocycles. The summed E-state index contributed by atoms with van der Waals surface area (Å²) in [7, 11) is 0. The summed E-state index contributed by atoms with van der Waals surface area (Å²) >= 11 is 0. The number of hydrogen-bond donors (Lipinski definition) is 2. The number of pyridine rings is 1. The van der Waals surface area contributed by atoms with Crippen molar-refractivity contribution in [1.29, 1.82) is 0 Å². The van der Waals surface area contributed by atoms with Gasteiger partial charge in [0.05, 0.1) is 23.9 Å². The minimum atomic E-state index is -1.36. The first-order chi connectivity index (χ1) is 16.0. The Morgan fingerprint density at radius 2 is 1.97 bits per heavy atom. The molecule has 0 aliphatic carbocycles. The molecule has 0 bridgehead atoms. The molecule has 3 rings (SSSR count). The van der Waals surface area contributed by atoms with Crippen LogP contribution in [-0.2, 0) is 14.3 Å². The van der Waals surface area contributed by atoms with Crippen molar-refractivity contribution in [2.75, 3.05) is 25.0 Å². The Morgan fingerprint density at radius 3 is 2.59 bits per heavy atom. The van der Waals surface area contributed by atoms with E-state index in [9.17, 15) is 23.9 Å². The van der Waals surface area contributed by atoms with E-state index in [0.29, 0.717) is 5.69 Å². The van der Waals surface area contributed by atoms with Crippen LogP contribution in [0.15, 0.2) is 47.4 Å². The van der Waals surface area contributed by atoms with Gasteiger partial charge in [-0.15, -0.1) is 0 Å². The van der Waals surface area contributed by atoms with Gasteiger partial charge in [0.25, 0.3) is 5.56 Å². The van der Waals surface area contributed by atoms with Crippen LogP contribution in [0.3, 0.4) is 0 Å². The summed E-state index contributed by atoms with van der Waals surface area (Å²) in [6.07, 6.45) is -0.450. The summed E-state index contributed by atoms with van der Waals surface area (Å²) in [5.74, 6) is -2.83. The molecule has 2 aromatic rings. The van der Waals surface area contributed by atoms with Crippen LogP contribution < -0.4 is 10.9 Å². The molecule has 1 unspecified atom stereocenters. The summed E-state index contributed by atoms with van der Waals surface area (Å²) in [6, 6.07) is 8.70. The standard InChI is InChI=1S/C24H30FN3O6/c1-5-33-22(31)17-14-27(23(32)34-24(2,3)4)13-16(17)21(30)26-19-10-9-15(12-18(19)25)28-11-7-6-8-20(28)29/h6-12,16-17,21,26,30H,5,13-14H2,1-4H3/t16-,17-,21?/m0/s1. The van der Waals surface area contributed by atoms with Crippen LogP contribution in [0.5, 0.6) is 0 Å². The highest BCUT2D eigenvalue weighted by Crippen LogP contribution is 2.30. The summed E-state index contributed by atoms with van der Waals surface area (Å²) in [6.45, 7) is 7.03. The molecule has 3 atom stereocenters. The van der Waals surface area contributed by atoms with Crippen LogP contribution in [0.25, 0.3) is 5.69 Å². The fourth-order valence-corrected chi connectivity index (χ4v) is 3.80. The van der Waals surface area contributed by atoms with Crippen LogP contribution in [0, 0.1) is 17.7 Å². The van der Waals surface area contributed by atoms with Crippen molar-refractivity contribution in [3.8, 4) is 5.69 Å². The number of esters is 1. The Morgan fingerprint density at radius 1 is 1.24 bits per heavy atom. The van der Waals surface area contributed by atoms with Crippen molar-refractivity contribution in [2.24, 2.45) is 11.8 Å². The second kappa shape index (κ2) is 10.3. The normalized spacial score (nSPS) is 18.9. The average molecular weight is 476 g/mol. The van der Waals surface area contributed by atoms with Gasteiger partial charge in [0, 0.05) is 37.3 Å². The van der Waals surface area contributed by atoms with Gasteiger partial charge in [-0.25, -0.2) is 9.18 Å². The number of nitrogens with zero attached hydrogens (tertiary/aromatic N) is 2. The van der Waals surface area contributed by atoms with Gasteiger partial charge >= 0.3 is 12.1 Å². The Balaban J connectivity index is 1.78. The van der Waals surface area contributed by atoms with Crippen molar-refractivity contribution in [1.82, 2.24) is 9.47 Å². The van der Waals surface area contributed by atoms with Gasteiger partial charge < -0.3 is 24.8 Å². The molecule has 1 fully saturated rings. The third-order valence-corrected chi connectivity index (χ3v) is 5.37. The first kappa shape index (κ1) is 25.2. The zero-order valence-electron chi connectivity index (χ0n) is 19.7. The predicted octanol–water partition coefficient (Wildman–Crippen LogP) is 2.75. The predicted molar refractivity (Wildman–Crippen MR) is 123 cm³/mol. The molecule has 1 aliphatic rings. The number of anilines is 1. The van der Waals surface area contributed by atoms with E-state index in [1.807, 2.05) is 0 Å². The van der Waals surface area contributed by atoms with Gasteiger partial charge in [-0.1, -0.05) is 6.07 Å². The molecular formula is C24H30FN3O6. The van der Waals surface area contributed by atoms with Gasteiger partial charge in [-0.05, 0) is 45.9 Å². The third-order valence-electron chi connectivity index (χ3n) is 5.37. The van der Waals surface area contributed by atoms with E-state index in [4.69, 9.17) is 9.47 Å². The topological polar surface area (TPSA) is 110 Å². The Kier molecular flexibility index (Phi) is 7.61. The number of aliphatic hydroxyl groups excluding tert-OH is 1. The van der Waals surface area contributed by atoms with Gasteiger partial charge in [-0.2, -0.15) is 0 Å². The number of hydrogen-bond acceptors (Lipinski definition) is 7. The SMILES string of the molecule is CCOC(=O)[C@H]1CN(C(=O)OC(C)(C)C)C[C@@H]1C(O)Nc1ccc(-n2ccccc2=O)cc1F. The van der Waals surface area contributed by atoms with Crippen molar-refractivity contribution in [2.45, 2.75) is 39.5 Å². The lowest BCUT2D eigenvalue weighted by Crippen LogP contribution is -2.38. The highest BCUT2D eigenvalue weighted by atomic mass is 19.1. The summed E-state index contributed by atoms with van der Waals surface area (Å²) in [5, 5.41) is 13.5. The van der Waals surface area contributed by atoms with Crippen molar-refractivity contribution >= 4 is 17.7 Å². The summed E-state index contributed by atoms with van der Waals surface area (Å²) < 4.78 is 26.6. The molecule has 0 saturated carbocycles. The smallest absolute Gasteiger partial charge is 0.410 e. The molecule has 1 aliphatic heterocycles. The van der Waals surface area contributed by atoms with Crippen LogP contribution in [0.2, 0.25) is 0 Å². The lowest BCUT2D eigenvalue weighted by Gasteiger charge is -2.25. The maximum Gasteiger partial charge on any atom is 0.410 e. The lowest BCUT2D eigenvalue weighted by atomic mass is 9.94. The zero-order chi connectivity index (χ0) is 25.0. The van der Waals surface area contributed by atoms with Crippen molar-refractivity contribution in [3.05, 3.63) is 58.8 Å². The second-order valence-corrected chi connectivity index (χ2v) is 9.07. The summed E-state index contributed by atoms with van der Waals surface area (Å²) in [5.41, 5.74) is -0.729. The van der Waals surface area contributed by atoms with Crippen molar-refractivity contribution in [3.63, 3.8) is 0 Å². The lowest BCUT2D eigenvalue weighted by molar-refractivity contribution is -0.149. The van der Waals surface area contributed by atoms with Crippen LogP contribution in [0.4, 0.5) is 14.9 Å². The van der Waals surface area contributed by atoms with Gasteiger partial charge in [0.1, 0.15) is 17.6 Å². The van der Waals surface area contributed by atoms with E-state index in [0.717, 1.165) is 0 Å². The molecule has 1 saturated heterocycles. The van der Waals surface area contributed by atoms with Crippen LogP contribution >= 0.6 is 0 Å². The molecule has 34 heavy (non-hydrogen) atoms. The first-order valence-corrected chi connectivity index (χ1v) is 11.1. The number of benzene rings is 1. The van der Waals surface area contributed by atoms with E-state index in [1.165, 1.54) is 39.9 Å². The highest BCUT2D eigenvalue weighted by Gasteiger charge is 2.45. The number of carbonyl (C=O) groups excluding carboxylic acids is 2. The number of rotatable bonds is 6. The monoisotopic (exact) mass is 475 g/mol. The molecular weight excluding hydrogens is 445 g/mol. The number of likely N-dealkylation sites (tertiary alicyclic amines) is 1. The van der Waals surface area contributed by atoms with Gasteiger partial charge in [0.15, 0.2) is 0 Å². The third kappa shape index (κ3) is 5.93. The Labute approximate surface area is 197 Å². The van der Waals surface area contributed by atoms with Crippen molar-refractivity contribution < 1.29 is 28.6 Å². The average Bonchev–Trinajstić information content (AvgIpc) is 3.21. The number of halogens is 1. The van der Waals surface area contributed by atoms with Gasteiger partial charge in [0.2, 0.25) is 0 Å². The van der Waals surface area contributed by atoms with E-state index in [2.05, 4.69) is 5.32 Å². The number of ether oxygens (including phenoxy) is 2. The molecule has 0 radical (unpaired) electrons. The fraction of sp³-hybridized carbons (Fsp3) is 0.458. The first-order valence-electron chi connectivity index (χ1n) is 11.1. The molecule has 9 nitrogen and oxygen atoms in total. The van der Waals surface area contributed by atoms with Gasteiger partial charge in [-0.3, -0.25) is 14.2 Å². The van der Waals surface area contributed by atoms with E-state index in [1.54, 1.807) is 39.8 Å².